The van der Waals surface area contributed by atoms with Gasteiger partial charge in [0.1, 0.15) is 22.3 Å². The molecule has 3 aliphatic rings. The largest absolute Gasteiger partial charge is 0.456 e. The minimum absolute atomic E-state index is 0.0931. The first-order valence-corrected chi connectivity index (χ1v) is 33.6. The minimum Gasteiger partial charge on any atom is -0.456 e. The van der Waals surface area contributed by atoms with Gasteiger partial charge in [-0.2, -0.15) is 0 Å². The van der Waals surface area contributed by atoms with Crippen LogP contribution in [0.4, 0.5) is 34.1 Å². The summed E-state index contributed by atoms with van der Waals surface area (Å²) in [4.78, 5) is 5.28. The third-order valence-electron chi connectivity index (χ3n) is 20.7. The molecule has 4 heterocycles. The topological polar surface area (TPSA) is 32.8 Å². The average Bonchev–Trinajstić information content (AvgIpc) is 1.20. The van der Waals surface area contributed by atoms with Crippen molar-refractivity contribution in [2.24, 2.45) is 0 Å². The van der Waals surface area contributed by atoms with E-state index in [1.165, 1.54) is 44.5 Å². The minimum atomic E-state index is -0.206. The average molecular weight is 1240 g/mol. The third-order valence-corrected chi connectivity index (χ3v) is 20.7. The predicted molar refractivity (Wildman–Crippen MR) is 401 cm³/mol. The lowest BCUT2D eigenvalue weighted by Gasteiger charge is -2.46. The van der Waals surface area contributed by atoms with Crippen LogP contribution in [0.15, 0.2) is 349 Å². The van der Waals surface area contributed by atoms with E-state index in [0.29, 0.717) is 0 Å². The molecule has 0 fully saturated rings. The number of fused-ring (bicyclic) bond motifs is 12. The summed E-state index contributed by atoms with van der Waals surface area (Å²) in [6.45, 7) is 0. The Kier molecular flexibility index (Phi) is 12.5. The number of hydrogen-bond donors (Lipinski definition) is 0. The molecule has 1 aliphatic carbocycles. The monoisotopic (exact) mass is 1240 g/mol. The molecule has 0 unspecified atom stereocenters. The number of rotatable bonds is 9. The molecule has 20 rings (SSSR count). The van der Waals surface area contributed by atoms with Crippen LogP contribution >= 0.6 is 0 Å². The fourth-order valence-electron chi connectivity index (χ4n) is 16.3. The van der Waals surface area contributed by atoms with Crippen molar-refractivity contribution >= 4 is 78.0 Å². The Morgan fingerprint density at radius 1 is 0.227 bits per heavy atom. The standard InChI is InChI=1S/C93H60N2O2/c1-5-21-58(22-6-1)68-46-69(59-23-7-2-8-24-59)49-73(48-68)94-83-54-64(62-39-43-89-81(52-62)77-33-17-19-35-87(77)96-89)37-41-79(83)92-80-42-38-65(63-40-44-90-82(53-63)78-34-18-20-36-88(78)97-90)55-84(80)95(74-50-70(60-25-9-3-10-26-60)47-71(51-74)61-27-11-4-12-28-61)86-57-72(56-85(94)93(86)92)91-75-31-15-13-29-66(75)45-67-30-14-16-32-76(67)91/h1-44,46-57,91-92H,45H2. The predicted octanol–water partition coefficient (Wildman–Crippen LogP) is 25.3. The highest BCUT2D eigenvalue weighted by Gasteiger charge is 2.43. The smallest absolute Gasteiger partial charge is 0.135 e. The molecule has 4 heteroatoms. The lowest BCUT2D eigenvalue weighted by Crippen LogP contribution is -2.30. The maximum atomic E-state index is 6.48. The summed E-state index contributed by atoms with van der Waals surface area (Å²) in [5.74, 6) is -0.299. The summed E-state index contributed by atoms with van der Waals surface area (Å²) >= 11 is 0. The van der Waals surface area contributed by atoms with Crippen LogP contribution < -0.4 is 9.80 Å². The highest BCUT2D eigenvalue weighted by Crippen LogP contribution is 2.63. The fraction of sp³-hybridized carbons (Fsp3) is 0.0323. The van der Waals surface area contributed by atoms with Gasteiger partial charge in [0.05, 0.1) is 22.7 Å². The van der Waals surface area contributed by atoms with Crippen LogP contribution in [0.3, 0.4) is 0 Å². The Morgan fingerprint density at radius 3 is 1.00 bits per heavy atom. The zero-order valence-corrected chi connectivity index (χ0v) is 52.9. The van der Waals surface area contributed by atoms with Gasteiger partial charge in [-0.25, -0.2) is 0 Å². The Balaban J connectivity index is 0.920. The Morgan fingerprint density at radius 2 is 0.577 bits per heavy atom. The number of furan rings is 2. The fourth-order valence-corrected chi connectivity index (χ4v) is 16.3. The summed E-state index contributed by atoms with van der Waals surface area (Å²) in [7, 11) is 0. The van der Waals surface area contributed by atoms with Crippen molar-refractivity contribution in [3.63, 3.8) is 0 Å². The van der Waals surface area contributed by atoms with Crippen LogP contribution in [-0.4, -0.2) is 0 Å². The van der Waals surface area contributed by atoms with E-state index >= 15 is 0 Å². The SMILES string of the molecule is c1ccc(-c2cc(-c3ccccc3)cc(N3c4cc(-c5ccc6oc7ccccc7c6c5)ccc4C4c5ccc(-c6ccc7oc8ccccc8c7c6)cc5N(c5cc(-c6ccccc6)cc(-c6ccccc6)c5)c5cc(C6c7ccccc7Cc7ccccc76)cc3c54)c2)cc1. The second-order valence-electron chi connectivity index (χ2n) is 26.3. The Hall–Kier alpha value is -12.5. The zero-order chi connectivity index (χ0) is 63.7. The molecule has 0 bridgehead atoms. The summed E-state index contributed by atoms with van der Waals surface area (Å²) in [5.41, 5.74) is 34.2. The van der Waals surface area contributed by atoms with Crippen molar-refractivity contribution in [1.29, 1.82) is 0 Å². The Bertz CT molecular complexity index is 5530. The quantitative estimate of drug-likeness (QED) is 0.144. The number of hydrogen-bond acceptors (Lipinski definition) is 4. The van der Waals surface area contributed by atoms with Crippen LogP contribution in [0.2, 0.25) is 0 Å². The van der Waals surface area contributed by atoms with E-state index in [-0.39, 0.29) is 11.8 Å². The molecule has 0 amide bonds. The summed E-state index contributed by atoms with van der Waals surface area (Å²) in [6, 6.07) is 126. The first kappa shape index (κ1) is 55.0. The summed E-state index contributed by atoms with van der Waals surface area (Å²) < 4.78 is 13.0. The molecule has 0 saturated heterocycles. The molecule has 0 atom stereocenters. The van der Waals surface area contributed by atoms with Gasteiger partial charge in [0.2, 0.25) is 0 Å². The first-order valence-electron chi connectivity index (χ1n) is 33.6. The van der Waals surface area contributed by atoms with Gasteiger partial charge in [0.15, 0.2) is 0 Å². The molecule has 17 aromatic rings. The molecule has 2 aromatic heterocycles. The normalized spacial score (nSPS) is 13.2. The molecule has 0 saturated carbocycles. The second kappa shape index (κ2) is 22.1. The van der Waals surface area contributed by atoms with Gasteiger partial charge in [0.25, 0.3) is 0 Å². The molecule has 97 heavy (non-hydrogen) atoms. The van der Waals surface area contributed by atoms with E-state index in [4.69, 9.17) is 8.83 Å². The van der Waals surface area contributed by atoms with Crippen molar-refractivity contribution in [3.8, 4) is 66.8 Å². The van der Waals surface area contributed by atoms with E-state index in [9.17, 15) is 0 Å². The molecule has 15 aromatic carbocycles. The van der Waals surface area contributed by atoms with Crippen LogP contribution in [0.5, 0.6) is 0 Å². The van der Waals surface area contributed by atoms with Gasteiger partial charge in [-0.05, 0) is 209 Å². The van der Waals surface area contributed by atoms with Crippen molar-refractivity contribution in [2.75, 3.05) is 9.80 Å². The van der Waals surface area contributed by atoms with E-state index in [1.807, 2.05) is 0 Å². The molecule has 0 N–H and O–H groups in total. The van der Waals surface area contributed by atoms with Gasteiger partial charge in [-0.15, -0.1) is 0 Å². The number of nitrogens with zero attached hydrogens (tertiary/aromatic N) is 2. The van der Waals surface area contributed by atoms with Crippen LogP contribution in [0.25, 0.3) is 111 Å². The molecule has 0 radical (unpaired) electrons. The summed E-state index contributed by atoms with van der Waals surface area (Å²) in [6.07, 6.45) is 0.872. The molecule has 0 spiro atoms. The zero-order valence-electron chi connectivity index (χ0n) is 52.9. The molecular weight excluding hydrogens is 1180 g/mol. The van der Waals surface area contributed by atoms with Gasteiger partial charge in [-0.3, -0.25) is 0 Å². The lowest BCUT2D eigenvalue weighted by atomic mass is 9.71. The van der Waals surface area contributed by atoms with Gasteiger partial charge in [-0.1, -0.05) is 243 Å². The van der Waals surface area contributed by atoms with E-state index < -0.39 is 0 Å². The maximum absolute atomic E-state index is 6.48. The van der Waals surface area contributed by atoms with Crippen molar-refractivity contribution in [3.05, 3.63) is 384 Å². The number of para-hydroxylation sites is 2. The van der Waals surface area contributed by atoms with Crippen LogP contribution in [0.1, 0.15) is 56.3 Å². The van der Waals surface area contributed by atoms with Gasteiger partial charge < -0.3 is 18.6 Å². The van der Waals surface area contributed by atoms with Crippen LogP contribution in [0, 0.1) is 0 Å². The van der Waals surface area contributed by atoms with E-state index in [2.05, 4.69) is 350 Å². The highest BCUT2D eigenvalue weighted by atomic mass is 16.3. The maximum Gasteiger partial charge on any atom is 0.135 e. The molecule has 2 aliphatic heterocycles. The van der Waals surface area contributed by atoms with Crippen LogP contribution in [-0.2, 0) is 6.42 Å². The van der Waals surface area contributed by atoms with E-state index in [0.717, 1.165) is 151 Å². The Labute approximate surface area is 562 Å². The van der Waals surface area contributed by atoms with E-state index in [1.54, 1.807) is 0 Å². The third kappa shape index (κ3) is 9.05. The number of benzene rings is 15. The van der Waals surface area contributed by atoms with Crippen molar-refractivity contribution < 1.29 is 8.83 Å². The lowest BCUT2D eigenvalue weighted by molar-refractivity contribution is 0.668. The summed E-state index contributed by atoms with van der Waals surface area (Å²) in [5, 5.41) is 4.41. The van der Waals surface area contributed by atoms with Gasteiger partial charge >= 0.3 is 0 Å². The first-order chi connectivity index (χ1) is 48.0. The number of anilines is 6. The molecule has 4 nitrogen and oxygen atoms in total. The molecular formula is C93H60N2O2. The molecule has 454 valence electrons. The van der Waals surface area contributed by atoms with Crippen molar-refractivity contribution in [2.45, 2.75) is 18.3 Å². The van der Waals surface area contributed by atoms with Gasteiger partial charge in [0, 0.05) is 50.3 Å². The second-order valence-corrected chi connectivity index (χ2v) is 26.3. The van der Waals surface area contributed by atoms with Crippen molar-refractivity contribution in [1.82, 2.24) is 0 Å². The highest BCUT2D eigenvalue weighted by molar-refractivity contribution is 6.08.